The molecule has 124 valence electrons. The molecule has 2 heterocycles. The lowest BCUT2D eigenvalue weighted by molar-refractivity contribution is 0.475. The lowest BCUT2D eigenvalue weighted by Crippen LogP contribution is -2.09. The standard InChI is InChI=1S/C18H19N3OS2/c1-10-2-7-13-14(8-10)24-18-16(13)17(19)20-15(21-18)9-23-12-5-3-11(22)4-6-12/h3-6,10,22H,2,7-9H2,1H3,(H2,19,20,21). The van der Waals surface area contributed by atoms with Crippen LogP contribution in [0.25, 0.3) is 10.2 Å². The van der Waals surface area contributed by atoms with Crippen molar-refractivity contribution >= 4 is 39.1 Å². The summed E-state index contributed by atoms with van der Waals surface area (Å²) in [6.07, 6.45) is 3.44. The highest BCUT2D eigenvalue weighted by Crippen LogP contribution is 2.39. The summed E-state index contributed by atoms with van der Waals surface area (Å²) in [7, 11) is 0. The van der Waals surface area contributed by atoms with Crippen LogP contribution in [0.15, 0.2) is 29.2 Å². The second-order valence-corrected chi connectivity index (χ2v) is 8.47. The van der Waals surface area contributed by atoms with E-state index in [0.717, 1.165) is 39.7 Å². The van der Waals surface area contributed by atoms with Crippen LogP contribution >= 0.6 is 23.1 Å². The van der Waals surface area contributed by atoms with Crippen LogP contribution in [0.5, 0.6) is 5.75 Å². The Morgan fingerprint density at radius 3 is 2.88 bits per heavy atom. The summed E-state index contributed by atoms with van der Waals surface area (Å²) in [5.74, 6) is 3.08. The maximum absolute atomic E-state index is 9.35. The number of nitrogens with two attached hydrogens (primary N) is 1. The van der Waals surface area contributed by atoms with Crippen LogP contribution in [0.3, 0.4) is 0 Å². The van der Waals surface area contributed by atoms with Crippen LogP contribution in [0.2, 0.25) is 0 Å². The first-order valence-corrected chi connectivity index (χ1v) is 9.89. The number of aromatic hydroxyl groups is 1. The van der Waals surface area contributed by atoms with Gasteiger partial charge in [-0.2, -0.15) is 0 Å². The first-order chi connectivity index (χ1) is 11.6. The normalized spacial score (nSPS) is 17.1. The molecule has 6 heteroatoms. The fourth-order valence-electron chi connectivity index (χ4n) is 3.17. The van der Waals surface area contributed by atoms with Gasteiger partial charge < -0.3 is 10.8 Å². The predicted octanol–water partition coefficient (Wildman–Crippen LogP) is 4.40. The number of anilines is 1. The second kappa shape index (κ2) is 6.26. The molecule has 0 amide bonds. The Morgan fingerprint density at radius 1 is 1.29 bits per heavy atom. The van der Waals surface area contributed by atoms with Crippen LogP contribution in [-0.4, -0.2) is 15.1 Å². The number of hydrogen-bond acceptors (Lipinski definition) is 6. The van der Waals surface area contributed by atoms with Gasteiger partial charge in [-0.3, -0.25) is 0 Å². The highest BCUT2D eigenvalue weighted by Gasteiger charge is 2.23. The Balaban J connectivity index is 1.62. The van der Waals surface area contributed by atoms with Gasteiger partial charge in [0, 0.05) is 9.77 Å². The number of thiophene rings is 1. The number of phenols is 1. The van der Waals surface area contributed by atoms with Crippen molar-refractivity contribution in [3.05, 3.63) is 40.5 Å². The van der Waals surface area contributed by atoms with Gasteiger partial charge in [0.05, 0.1) is 11.1 Å². The largest absolute Gasteiger partial charge is 0.508 e. The zero-order valence-corrected chi connectivity index (χ0v) is 15.1. The molecule has 0 bridgehead atoms. The van der Waals surface area contributed by atoms with Crippen molar-refractivity contribution in [2.45, 2.75) is 36.8 Å². The van der Waals surface area contributed by atoms with E-state index in [4.69, 9.17) is 10.7 Å². The molecule has 2 aromatic heterocycles. The van der Waals surface area contributed by atoms with Gasteiger partial charge in [0.2, 0.25) is 0 Å². The second-order valence-electron chi connectivity index (χ2n) is 6.34. The van der Waals surface area contributed by atoms with Gasteiger partial charge in [0.15, 0.2) is 0 Å². The van der Waals surface area contributed by atoms with Gasteiger partial charge in [0.25, 0.3) is 0 Å². The third kappa shape index (κ3) is 2.96. The molecule has 4 nitrogen and oxygen atoms in total. The van der Waals surface area contributed by atoms with Gasteiger partial charge >= 0.3 is 0 Å². The lowest BCUT2D eigenvalue weighted by atomic mass is 9.89. The van der Waals surface area contributed by atoms with E-state index in [0.29, 0.717) is 11.6 Å². The van der Waals surface area contributed by atoms with Crippen molar-refractivity contribution < 1.29 is 5.11 Å². The van der Waals surface area contributed by atoms with E-state index in [2.05, 4.69) is 11.9 Å². The van der Waals surface area contributed by atoms with Crippen molar-refractivity contribution in [2.75, 3.05) is 5.73 Å². The first-order valence-electron chi connectivity index (χ1n) is 8.08. The highest BCUT2D eigenvalue weighted by atomic mass is 32.2. The van der Waals surface area contributed by atoms with Crippen LogP contribution < -0.4 is 5.73 Å². The highest BCUT2D eigenvalue weighted by molar-refractivity contribution is 7.98. The van der Waals surface area contributed by atoms with E-state index >= 15 is 0 Å². The summed E-state index contributed by atoms with van der Waals surface area (Å²) in [6, 6.07) is 7.17. The lowest BCUT2D eigenvalue weighted by Gasteiger charge is -2.17. The minimum atomic E-state index is 0.277. The maximum Gasteiger partial charge on any atom is 0.142 e. The van der Waals surface area contributed by atoms with E-state index in [9.17, 15) is 5.11 Å². The van der Waals surface area contributed by atoms with Gasteiger partial charge in [-0.1, -0.05) is 6.92 Å². The maximum atomic E-state index is 9.35. The Labute approximate surface area is 149 Å². The van der Waals surface area contributed by atoms with Gasteiger partial charge in [-0.05, 0) is 55.0 Å². The topological polar surface area (TPSA) is 72.0 Å². The van der Waals surface area contributed by atoms with E-state index in [1.807, 2.05) is 12.1 Å². The number of hydrogen-bond donors (Lipinski definition) is 2. The molecule has 0 radical (unpaired) electrons. The molecule has 3 N–H and O–H groups in total. The van der Waals surface area contributed by atoms with E-state index in [-0.39, 0.29) is 5.75 Å². The van der Waals surface area contributed by atoms with Crippen molar-refractivity contribution in [1.82, 2.24) is 9.97 Å². The zero-order valence-electron chi connectivity index (χ0n) is 13.5. The molecule has 4 rings (SSSR count). The molecule has 1 atom stereocenters. The monoisotopic (exact) mass is 357 g/mol. The van der Waals surface area contributed by atoms with Crippen molar-refractivity contribution in [3.8, 4) is 5.75 Å². The van der Waals surface area contributed by atoms with Gasteiger partial charge in [-0.25, -0.2) is 9.97 Å². The van der Waals surface area contributed by atoms with Gasteiger partial charge in [-0.15, -0.1) is 23.1 Å². The SMILES string of the molecule is CC1CCc2c(sc3nc(CSc4ccc(O)cc4)nc(N)c23)C1. The molecular weight excluding hydrogens is 338 g/mol. The molecular formula is C18H19N3OS2. The van der Waals surface area contributed by atoms with Crippen LogP contribution in [0, 0.1) is 5.92 Å². The minimum Gasteiger partial charge on any atom is -0.508 e. The van der Waals surface area contributed by atoms with Crippen molar-refractivity contribution in [2.24, 2.45) is 5.92 Å². The predicted molar refractivity (Wildman–Crippen MR) is 101 cm³/mol. The number of thioether (sulfide) groups is 1. The Hall–Kier alpha value is -1.79. The average molecular weight is 358 g/mol. The molecule has 1 aliphatic rings. The summed E-state index contributed by atoms with van der Waals surface area (Å²) in [5, 5.41) is 10.4. The Morgan fingerprint density at radius 2 is 2.08 bits per heavy atom. The number of aromatic nitrogens is 2. The molecule has 1 aliphatic carbocycles. The average Bonchev–Trinajstić information content (AvgIpc) is 2.92. The fourth-order valence-corrected chi connectivity index (χ4v) is 5.33. The first kappa shape index (κ1) is 15.7. The molecule has 0 spiro atoms. The third-order valence-corrected chi connectivity index (χ3v) is 6.59. The number of nitrogen functional groups attached to an aromatic ring is 1. The van der Waals surface area contributed by atoms with E-state index in [1.165, 1.54) is 16.9 Å². The number of benzene rings is 1. The number of fused-ring (bicyclic) bond motifs is 3. The smallest absolute Gasteiger partial charge is 0.142 e. The fraction of sp³-hybridized carbons (Fsp3) is 0.333. The van der Waals surface area contributed by atoms with Crippen LogP contribution in [0.1, 0.15) is 29.6 Å². The third-order valence-electron chi connectivity index (χ3n) is 4.43. The van der Waals surface area contributed by atoms with Crippen LogP contribution in [-0.2, 0) is 18.6 Å². The molecule has 0 fully saturated rings. The van der Waals surface area contributed by atoms with E-state index < -0.39 is 0 Å². The minimum absolute atomic E-state index is 0.277. The number of rotatable bonds is 3. The Bertz CT molecular complexity index is 889. The molecule has 1 unspecified atom stereocenters. The summed E-state index contributed by atoms with van der Waals surface area (Å²) >= 11 is 3.43. The Kier molecular flexibility index (Phi) is 4.10. The summed E-state index contributed by atoms with van der Waals surface area (Å²) in [4.78, 5) is 12.8. The van der Waals surface area contributed by atoms with Gasteiger partial charge in [0.1, 0.15) is 22.2 Å². The van der Waals surface area contributed by atoms with E-state index in [1.54, 1.807) is 35.2 Å². The molecule has 0 saturated heterocycles. The quantitative estimate of drug-likeness (QED) is 0.680. The summed E-state index contributed by atoms with van der Waals surface area (Å²) in [6.45, 7) is 2.31. The van der Waals surface area contributed by atoms with Crippen molar-refractivity contribution in [1.29, 1.82) is 0 Å². The molecule has 0 saturated carbocycles. The molecule has 0 aliphatic heterocycles. The summed E-state index contributed by atoms with van der Waals surface area (Å²) in [5.41, 5.74) is 7.64. The van der Waals surface area contributed by atoms with Crippen LogP contribution in [0.4, 0.5) is 5.82 Å². The zero-order chi connectivity index (χ0) is 16.7. The molecule has 1 aromatic carbocycles. The van der Waals surface area contributed by atoms with Crippen molar-refractivity contribution in [3.63, 3.8) is 0 Å². The summed E-state index contributed by atoms with van der Waals surface area (Å²) < 4.78 is 0. The number of aryl methyl sites for hydroxylation is 1. The number of nitrogens with zero attached hydrogens (tertiary/aromatic N) is 2. The molecule has 3 aromatic rings. The molecule has 24 heavy (non-hydrogen) atoms. The number of phenolic OH excluding ortho intramolecular Hbond substituents is 1.